The van der Waals surface area contributed by atoms with E-state index in [0.29, 0.717) is 5.75 Å². The van der Waals surface area contributed by atoms with Crippen LogP contribution in [0.15, 0.2) is 24.3 Å². The maximum atomic E-state index is 12.1. The Hall–Kier alpha value is -1.24. The topological polar surface area (TPSA) is 54.2 Å². The van der Waals surface area contributed by atoms with Gasteiger partial charge < -0.3 is 19.6 Å². The van der Waals surface area contributed by atoms with E-state index in [1.54, 1.807) is 28.8 Å². The summed E-state index contributed by atoms with van der Waals surface area (Å²) in [6.07, 6.45) is 1.02. The van der Waals surface area contributed by atoms with Crippen LogP contribution >= 0.6 is 11.8 Å². The largest absolute Gasteiger partial charge is 0.508 e. The van der Waals surface area contributed by atoms with E-state index in [1.165, 1.54) is 0 Å². The number of rotatable bonds is 5. The molecule has 0 aromatic heterocycles. The van der Waals surface area contributed by atoms with Crippen LogP contribution in [0.2, 0.25) is 0 Å². The molecule has 0 bridgehead atoms. The number of phenols is 1. The van der Waals surface area contributed by atoms with E-state index in [-0.39, 0.29) is 17.0 Å². The molecular formula is C16H23N2O3S+. The van der Waals surface area contributed by atoms with Gasteiger partial charge in [-0.05, 0) is 17.7 Å². The van der Waals surface area contributed by atoms with E-state index >= 15 is 0 Å². The lowest BCUT2D eigenvalue weighted by Gasteiger charge is -2.27. The van der Waals surface area contributed by atoms with E-state index in [4.69, 9.17) is 4.74 Å². The molecule has 120 valence electrons. The number of morpholine rings is 1. The lowest BCUT2D eigenvalue weighted by Crippen LogP contribution is -3.14. The van der Waals surface area contributed by atoms with Crippen LogP contribution in [0.25, 0.3) is 0 Å². The summed E-state index contributed by atoms with van der Waals surface area (Å²) >= 11 is 1.67. The maximum Gasteiger partial charge on any atom is 0.233 e. The second-order valence-electron chi connectivity index (χ2n) is 5.81. The molecule has 0 aliphatic carbocycles. The second kappa shape index (κ2) is 7.35. The summed E-state index contributed by atoms with van der Waals surface area (Å²) in [5.41, 5.74) is 1.09. The summed E-state index contributed by atoms with van der Waals surface area (Å²) in [5, 5.41) is 9.49. The van der Waals surface area contributed by atoms with Gasteiger partial charge in [-0.25, -0.2) is 0 Å². The minimum Gasteiger partial charge on any atom is -0.508 e. The van der Waals surface area contributed by atoms with Gasteiger partial charge in [-0.3, -0.25) is 4.79 Å². The molecule has 0 unspecified atom stereocenters. The van der Waals surface area contributed by atoms with Crippen molar-refractivity contribution in [2.75, 3.05) is 45.1 Å². The Labute approximate surface area is 135 Å². The SMILES string of the molecule is O=C1CS[C@@H](c2ccc(O)cc2)N1CCC[NH+]1CCOCC1. The summed E-state index contributed by atoms with van der Waals surface area (Å²) in [6.45, 7) is 5.75. The molecule has 2 aliphatic rings. The lowest BCUT2D eigenvalue weighted by atomic mass is 10.2. The van der Waals surface area contributed by atoms with Crippen molar-refractivity contribution in [3.05, 3.63) is 29.8 Å². The molecule has 0 radical (unpaired) electrons. The van der Waals surface area contributed by atoms with Crippen molar-refractivity contribution in [3.63, 3.8) is 0 Å². The van der Waals surface area contributed by atoms with Crippen LogP contribution in [0.4, 0.5) is 0 Å². The van der Waals surface area contributed by atoms with E-state index in [1.807, 2.05) is 17.0 Å². The first-order chi connectivity index (χ1) is 10.7. The number of nitrogens with zero attached hydrogens (tertiary/aromatic N) is 1. The summed E-state index contributed by atoms with van der Waals surface area (Å²) in [6, 6.07) is 7.20. The summed E-state index contributed by atoms with van der Waals surface area (Å²) in [4.78, 5) is 15.7. The normalized spacial score (nSPS) is 23.2. The molecule has 1 atom stereocenters. The molecule has 1 aromatic carbocycles. The zero-order valence-corrected chi connectivity index (χ0v) is 13.5. The molecule has 0 saturated carbocycles. The third-order valence-electron chi connectivity index (χ3n) is 4.28. The second-order valence-corrected chi connectivity index (χ2v) is 6.88. The highest BCUT2D eigenvalue weighted by Gasteiger charge is 2.32. The van der Waals surface area contributed by atoms with Gasteiger partial charge in [0.2, 0.25) is 5.91 Å². The predicted molar refractivity (Wildman–Crippen MR) is 86.0 cm³/mol. The van der Waals surface area contributed by atoms with Gasteiger partial charge in [0.25, 0.3) is 0 Å². The minimum atomic E-state index is 0.0905. The number of nitrogens with one attached hydrogen (secondary N) is 1. The van der Waals surface area contributed by atoms with E-state index in [9.17, 15) is 9.90 Å². The summed E-state index contributed by atoms with van der Waals surface area (Å²) in [5.74, 6) is 1.04. The molecule has 2 saturated heterocycles. The van der Waals surface area contributed by atoms with Crippen molar-refractivity contribution in [2.45, 2.75) is 11.8 Å². The fourth-order valence-electron chi connectivity index (χ4n) is 3.02. The van der Waals surface area contributed by atoms with Crippen LogP contribution in [0.3, 0.4) is 0 Å². The van der Waals surface area contributed by atoms with Gasteiger partial charge >= 0.3 is 0 Å². The van der Waals surface area contributed by atoms with Crippen molar-refractivity contribution >= 4 is 17.7 Å². The van der Waals surface area contributed by atoms with Gasteiger partial charge in [-0.2, -0.15) is 0 Å². The molecule has 2 heterocycles. The van der Waals surface area contributed by atoms with Crippen LogP contribution in [0.1, 0.15) is 17.4 Å². The number of quaternary nitrogens is 1. The first-order valence-electron chi connectivity index (χ1n) is 7.85. The molecule has 1 amide bonds. The number of carbonyl (C=O) groups is 1. The Morgan fingerprint density at radius 1 is 1.27 bits per heavy atom. The van der Waals surface area contributed by atoms with E-state index in [2.05, 4.69) is 0 Å². The van der Waals surface area contributed by atoms with Crippen molar-refractivity contribution < 1.29 is 19.5 Å². The highest BCUT2D eigenvalue weighted by molar-refractivity contribution is 8.00. The van der Waals surface area contributed by atoms with Crippen molar-refractivity contribution in [1.29, 1.82) is 0 Å². The zero-order chi connectivity index (χ0) is 15.4. The fraction of sp³-hybridized carbons (Fsp3) is 0.562. The number of thioether (sulfide) groups is 1. The number of ether oxygens (including phenoxy) is 1. The van der Waals surface area contributed by atoms with Gasteiger partial charge in [0, 0.05) is 13.0 Å². The number of hydrogen-bond donors (Lipinski definition) is 2. The van der Waals surface area contributed by atoms with Crippen molar-refractivity contribution in [3.8, 4) is 5.75 Å². The van der Waals surface area contributed by atoms with Crippen LogP contribution in [0, 0.1) is 0 Å². The zero-order valence-electron chi connectivity index (χ0n) is 12.7. The van der Waals surface area contributed by atoms with E-state index in [0.717, 1.165) is 51.4 Å². The molecule has 1 aromatic rings. The maximum absolute atomic E-state index is 12.1. The molecule has 22 heavy (non-hydrogen) atoms. The standard InChI is InChI=1S/C16H22N2O3S/c19-14-4-2-13(3-5-14)16-18(15(20)12-22-16)7-1-6-17-8-10-21-11-9-17/h2-5,16,19H,1,6-12H2/p+1/t16-/m0/s1. The minimum absolute atomic E-state index is 0.0905. The quantitative estimate of drug-likeness (QED) is 0.817. The predicted octanol–water partition coefficient (Wildman–Crippen LogP) is 0.271. The number of aromatic hydroxyl groups is 1. The summed E-state index contributed by atoms with van der Waals surface area (Å²) < 4.78 is 5.37. The third kappa shape index (κ3) is 3.74. The van der Waals surface area contributed by atoms with Crippen molar-refractivity contribution in [2.24, 2.45) is 0 Å². The third-order valence-corrected chi connectivity index (χ3v) is 5.53. The average Bonchev–Trinajstić information content (AvgIpc) is 2.90. The average molecular weight is 323 g/mol. The number of hydrogen-bond acceptors (Lipinski definition) is 4. The van der Waals surface area contributed by atoms with Crippen LogP contribution < -0.4 is 4.90 Å². The molecule has 2 aliphatic heterocycles. The monoisotopic (exact) mass is 323 g/mol. The Morgan fingerprint density at radius 3 is 2.73 bits per heavy atom. The highest BCUT2D eigenvalue weighted by Crippen LogP contribution is 2.38. The Kier molecular flexibility index (Phi) is 5.23. The van der Waals surface area contributed by atoms with Crippen molar-refractivity contribution in [1.82, 2.24) is 4.90 Å². The van der Waals surface area contributed by atoms with Gasteiger partial charge in [0.15, 0.2) is 0 Å². The Morgan fingerprint density at radius 2 is 2.00 bits per heavy atom. The number of carbonyl (C=O) groups excluding carboxylic acids is 1. The van der Waals surface area contributed by atoms with Gasteiger partial charge in [-0.15, -0.1) is 11.8 Å². The summed E-state index contributed by atoms with van der Waals surface area (Å²) in [7, 11) is 0. The number of benzene rings is 1. The van der Waals surface area contributed by atoms with Gasteiger partial charge in [0.05, 0.1) is 25.5 Å². The van der Waals surface area contributed by atoms with Crippen LogP contribution in [-0.2, 0) is 9.53 Å². The molecule has 3 rings (SSSR count). The number of phenolic OH excluding ortho intramolecular Hbond substituents is 1. The molecule has 6 heteroatoms. The fourth-order valence-corrected chi connectivity index (χ4v) is 4.24. The Balaban J connectivity index is 1.55. The van der Waals surface area contributed by atoms with Gasteiger partial charge in [0.1, 0.15) is 24.2 Å². The molecule has 2 fully saturated rings. The molecular weight excluding hydrogens is 300 g/mol. The molecule has 0 spiro atoms. The van der Waals surface area contributed by atoms with Gasteiger partial charge in [-0.1, -0.05) is 12.1 Å². The number of amides is 1. The first kappa shape index (κ1) is 15.6. The van der Waals surface area contributed by atoms with Crippen LogP contribution in [-0.4, -0.2) is 61.1 Å². The highest BCUT2D eigenvalue weighted by atomic mass is 32.2. The van der Waals surface area contributed by atoms with E-state index < -0.39 is 0 Å². The molecule has 5 nitrogen and oxygen atoms in total. The lowest BCUT2D eigenvalue weighted by molar-refractivity contribution is -0.908. The smallest absolute Gasteiger partial charge is 0.233 e. The van der Waals surface area contributed by atoms with Crippen LogP contribution in [0.5, 0.6) is 5.75 Å². The first-order valence-corrected chi connectivity index (χ1v) is 8.90. The molecule has 2 N–H and O–H groups in total. The Bertz CT molecular complexity index is 503.